The summed E-state index contributed by atoms with van der Waals surface area (Å²) in [6.45, 7) is 1.18. The fourth-order valence-corrected chi connectivity index (χ4v) is 4.74. The lowest BCUT2D eigenvalue weighted by atomic mass is 9.74. The minimum atomic E-state index is -0.534. The van der Waals surface area contributed by atoms with E-state index in [1.54, 1.807) is 6.26 Å². The maximum absolute atomic E-state index is 12.8. The highest BCUT2D eigenvalue weighted by atomic mass is 16.3. The molecule has 0 amide bonds. The van der Waals surface area contributed by atoms with Crippen molar-refractivity contribution in [1.82, 2.24) is 9.88 Å². The van der Waals surface area contributed by atoms with Gasteiger partial charge in [0.2, 0.25) is 0 Å². The van der Waals surface area contributed by atoms with E-state index < -0.39 is 5.54 Å². The Morgan fingerprint density at radius 3 is 1.81 bits per heavy atom. The van der Waals surface area contributed by atoms with Crippen LogP contribution in [0, 0.1) is 0 Å². The molecule has 0 atom stereocenters. The predicted molar refractivity (Wildman–Crippen MR) is 125 cm³/mol. The van der Waals surface area contributed by atoms with E-state index in [4.69, 9.17) is 4.42 Å². The second-order valence-electron chi connectivity index (χ2n) is 7.99. The van der Waals surface area contributed by atoms with Gasteiger partial charge in [-0.05, 0) is 22.8 Å². The summed E-state index contributed by atoms with van der Waals surface area (Å²) in [7, 11) is 0. The van der Waals surface area contributed by atoms with Gasteiger partial charge >= 0.3 is 0 Å². The predicted octanol–water partition coefficient (Wildman–Crippen LogP) is 5.32. The maximum atomic E-state index is 12.8. The van der Waals surface area contributed by atoms with E-state index in [-0.39, 0.29) is 5.78 Å². The van der Waals surface area contributed by atoms with Gasteiger partial charge in [-0.1, -0.05) is 91.0 Å². The average Bonchev–Trinajstić information content (AvgIpc) is 3.37. The Morgan fingerprint density at radius 1 is 0.812 bits per heavy atom. The van der Waals surface area contributed by atoms with E-state index in [0.29, 0.717) is 25.2 Å². The third kappa shape index (κ3) is 3.59. The van der Waals surface area contributed by atoms with Gasteiger partial charge in [0.05, 0.1) is 5.54 Å². The molecule has 4 heteroatoms. The van der Waals surface area contributed by atoms with Crippen molar-refractivity contribution in [3.63, 3.8) is 0 Å². The van der Waals surface area contributed by atoms with Gasteiger partial charge in [0.25, 0.3) is 0 Å². The Labute approximate surface area is 187 Å². The molecule has 1 aromatic heterocycles. The first-order chi connectivity index (χ1) is 15.8. The number of carbonyl (C=O) groups is 1. The molecule has 0 aliphatic carbocycles. The van der Waals surface area contributed by atoms with Crippen molar-refractivity contribution in [3.8, 4) is 0 Å². The van der Waals surface area contributed by atoms with Crippen LogP contribution in [0.3, 0.4) is 0 Å². The molecule has 1 aliphatic heterocycles. The van der Waals surface area contributed by atoms with Crippen LogP contribution in [0.1, 0.15) is 28.8 Å². The molecule has 0 saturated carbocycles. The van der Waals surface area contributed by atoms with Gasteiger partial charge in [-0.25, -0.2) is 4.98 Å². The lowest BCUT2D eigenvalue weighted by Crippen LogP contribution is -2.52. The molecule has 0 unspecified atom stereocenters. The van der Waals surface area contributed by atoms with Crippen molar-refractivity contribution in [2.75, 3.05) is 13.1 Å². The Balaban J connectivity index is 1.72. The molecule has 32 heavy (non-hydrogen) atoms. The SMILES string of the molecule is O=C1CCN(C(c2ccccc2)(c2ccccc2)c2ccccc2)C/C1=C/c1cocn1. The summed E-state index contributed by atoms with van der Waals surface area (Å²) in [4.78, 5) is 19.5. The Bertz CT molecular complexity index is 1100. The minimum absolute atomic E-state index is 0.160. The molecule has 3 aromatic carbocycles. The number of piperidine rings is 1. The van der Waals surface area contributed by atoms with Crippen molar-refractivity contribution < 1.29 is 9.21 Å². The van der Waals surface area contributed by atoms with Crippen LogP contribution in [0.4, 0.5) is 0 Å². The number of oxazole rings is 1. The normalized spacial score (nSPS) is 16.4. The van der Waals surface area contributed by atoms with Gasteiger partial charge in [0.1, 0.15) is 12.0 Å². The number of aromatic nitrogens is 1. The molecule has 4 aromatic rings. The first-order valence-electron chi connectivity index (χ1n) is 10.8. The summed E-state index contributed by atoms with van der Waals surface area (Å²) in [6.07, 6.45) is 5.26. The van der Waals surface area contributed by atoms with Crippen LogP contribution in [0.15, 0.2) is 114 Å². The average molecular weight is 421 g/mol. The molecular formula is C28H24N2O2. The molecule has 0 bridgehead atoms. The zero-order chi connectivity index (χ0) is 21.8. The first-order valence-corrected chi connectivity index (χ1v) is 10.8. The lowest BCUT2D eigenvalue weighted by molar-refractivity contribution is -0.117. The van der Waals surface area contributed by atoms with E-state index >= 15 is 0 Å². The van der Waals surface area contributed by atoms with Gasteiger partial charge in [0, 0.05) is 25.1 Å². The Morgan fingerprint density at radius 2 is 1.34 bits per heavy atom. The fourth-order valence-electron chi connectivity index (χ4n) is 4.74. The van der Waals surface area contributed by atoms with Crippen LogP contribution in [-0.2, 0) is 10.3 Å². The van der Waals surface area contributed by atoms with Crippen molar-refractivity contribution >= 4 is 11.9 Å². The molecule has 1 aliphatic rings. The van der Waals surface area contributed by atoms with Crippen molar-refractivity contribution in [2.24, 2.45) is 0 Å². The number of benzene rings is 3. The van der Waals surface area contributed by atoms with Crippen molar-refractivity contribution in [2.45, 2.75) is 12.0 Å². The zero-order valence-electron chi connectivity index (χ0n) is 17.7. The van der Waals surface area contributed by atoms with Crippen LogP contribution in [0.5, 0.6) is 0 Å². The highest BCUT2D eigenvalue weighted by molar-refractivity contribution is 6.00. The zero-order valence-corrected chi connectivity index (χ0v) is 17.7. The van der Waals surface area contributed by atoms with E-state index in [1.165, 1.54) is 23.1 Å². The van der Waals surface area contributed by atoms with Crippen LogP contribution in [0.25, 0.3) is 6.08 Å². The largest absolute Gasteiger partial charge is 0.451 e. The third-order valence-corrected chi connectivity index (χ3v) is 6.15. The number of likely N-dealkylation sites (tertiary alicyclic amines) is 1. The minimum Gasteiger partial charge on any atom is -0.451 e. The van der Waals surface area contributed by atoms with Crippen LogP contribution >= 0.6 is 0 Å². The molecule has 4 nitrogen and oxygen atoms in total. The number of hydrogen-bond donors (Lipinski definition) is 0. The maximum Gasteiger partial charge on any atom is 0.181 e. The monoisotopic (exact) mass is 420 g/mol. The summed E-state index contributed by atoms with van der Waals surface area (Å²) in [5.74, 6) is 0.160. The summed E-state index contributed by atoms with van der Waals surface area (Å²) in [6, 6.07) is 31.7. The summed E-state index contributed by atoms with van der Waals surface area (Å²) >= 11 is 0. The number of Topliss-reactive ketones (excluding diaryl/α,β-unsaturated/α-hetero) is 1. The van der Waals surface area contributed by atoms with Gasteiger partial charge in [0.15, 0.2) is 12.2 Å². The van der Waals surface area contributed by atoms with E-state index in [0.717, 1.165) is 5.57 Å². The highest BCUT2D eigenvalue weighted by Crippen LogP contribution is 2.43. The molecular weight excluding hydrogens is 396 g/mol. The van der Waals surface area contributed by atoms with Crippen LogP contribution < -0.4 is 0 Å². The van der Waals surface area contributed by atoms with E-state index in [9.17, 15) is 4.79 Å². The summed E-state index contributed by atoms with van der Waals surface area (Å²) < 4.78 is 5.11. The van der Waals surface area contributed by atoms with Crippen LogP contribution in [0.2, 0.25) is 0 Å². The Kier molecular flexibility index (Phi) is 5.53. The molecule has 1 fully saturated rings. The van der Waals surface area contributed by atoms with Gasteiger partial charge in [-0.15, -0.1) is 0 Å². The van der Waals surface area contributed by atoms with Crippen molar-refractivity contribution in [1.29, 1.82) is 0 Å². The molecule has 5 rings (SSSR count). The standard InChI is InChI=1S/C28H24N2O2/c31-27-16-17-30(19-22(27)18-26-20-32-21-29-26)28(23-10-4-1-5-11-23,24-12-6-2-7-13-24)25-14-8-3-9-15-25/h1-15,18,20-21H,16-17,19H2/b22-18-. The molecule has 0 N–H and O–H groups in total. The quantitative estimate of drug-likeness (QED) is 0.324. The molecule has 0 radical (unpaired) electrons. The van der Waals surface area contributed by atoms with E-state index in [2.05, 4.69) is 82.7 Å². The summed E-state index contributed by atoms with van der Waals surface area (Å²) in [5, 5.41) is 0. The fraction of sp³-hybridized carbons (Fsp3) is 0.143. The number of nitrogens with zero attached hydrogens (tertiary/aromatic N) is 2. The number of carbonyl (C=O) groups excluding carboxylic acids is 1. The van der Waals surface area contributed by atoms with Gasteiger partial charge in [-0.2, -0.15) is 0 Å². The smallest absolute Gasteiger partial charge is 0.181 e. The third-order valence-electron chi connectivity index (χ3n) is 6.15. The second-order valence-corrected chi connectivity index (χ2v) is 7.99. The number of hydrogen-bond acceptors (Lipinski definition) is 4. The number of rotatable bonds is 5. The number of ketones is 1. The summed E-state index contributed by atoms with van der Waals surface area (Å²) in [5.41, 5.74) is 4.40. The lowest BCUT2D eigenvalue weighted by Gasteiger charge is -2.47. The van der Waals surface area contributed by atoms with Gasteiger partial charge in [-0.3, -0.25) is 9.69 Å². The molecule has 158 valence electrons. The first kappa shape index (κ1) is 20.2. The molecule has 1 saturated heterocycles. The molecule has 0 spiro atoms. The van der Waals surface area contributed by atoms with Gasteiger partial charge < -0.3 is 4.42 Å². The Hall–Kier alpha value is -3.76. The molecule has 2 heterocycles. The second kappa shape index (κ2) is 8.77. The van der Waals surface area contributed by atoms with E-state index in [1.807, 2.05) is 24.3 Å². The van der Waals surface area contributed by atoms with Crippen molar-refractivity contribution in [3.05, 3.63) is 132 Å². The highest BCUT2D eigenvalue weighted by Gasteiger charge is 2.44. The van der Waals surface area contributed by atoms with Crippen LogP contribution in [-0.4, -0.2) is 28.8 Å². The topological polar surface area (TPSA) is 46.3 Å².